The molecule has 0 aliphatic heterocycles. The van der Waals surface area contributed by atoms with Crippen molar-refractivity contribution in [3.8, 4) is 0 Å². The van der Waals surface area contributed by atoms with Crippen molar-refractivity contribution >= 4 is 23.4 Å². The van der Waals surface area contributed by atoms with Crippen LogP contribution in [0.3, 0.4) is 0 Å². The number of carbonyl (C=O) groups excluding carboxylic acids is 3. The second-order valence-electron chi connectivity index (χ2n) is 18.8. The Bertz CT molecular complexity index is 1410. The Morgan fingerprint density at radius 1 is 0.980 bits per heavy atom. The second-order valence-corrected chi connectivity index (χ2v) is 18.8. The van der Waals surface area contributed by atoms with Crippen molar-refractivity contribution in [2.45, 2.75) is 124 Å². The Labute approximate surface area is 299 Å². The highest BCUT2D eigenvalue weighted by Crippen LogP contribution is 2.70. The highest BCUT2D eigenvalue weighted by atomic mass is 16.4. The number of aliphatic hydroxyl groups is 2. The van der Waals surface area contributed by atoms with Gasteiger partial charge in [-0.1, -0.05) is 47.1 Å². The SMILES string of the molecule is CNC(O)(CO)C(=O)NCCC12CCC3C(CCC4C3CCC3C(C)(C)C(CC(=O)C5CC(C(=O)O)C5C)CCC43C)C1=C(C(C)C)C(=O)C2. The largest absolute Gasteiger partial charge is 0.481 e. The molecular weight excluding hydrogens is 632 g/mol. The molecule has 6 aliphatic carbocycles. The third-order valence-corrected chi connectivity index (χ3v) is 16.2. The first-order valence-corrected chi connectivity index (χ1v) is 19.8. The van der Waals surface area contributed by atoms with Gasteiger partial charge in [-0.05, 0) is 135 Å². The number of carbonyl (C=O) groups is 4. The van der Waals surface area contributed by atoms with E-state index in [1.54, 1.807) is 0 Å². The molecular formula is C41H64N2O7. The number of rotatable bonds is 11. The summed E-state index contributed by atoms with van der Waals surface area (Å²) < 4.78 is 0. The zero-order valence-corrected chi connectivity index (χ0v) is 31.6. The number of fused-ring (bicyclic) bond motifs is 7. The number of hydrogen-bond donors (Lipinski definition) is 5. The van der Waals surface area contributed by atoms with Gasteiger partial charge in [0.2, 0.25) is 5.72 Å². The molecule has 50 heavy (non-hydrogen) atoms. The van der Waals surface area contributed by atoms with Gasteiger partial charge in [-0.2, -0.15) is 0 Å². The van der Waals surface area contributed by atoms with Crippen molar-refractivity contribution in [1.29, 1.82) is 0 Å². The molecule has 9 nitrogen and oxygen atoms in total. The van der Waals surface area contributed by atoms with Crippen LogP contribution in [0, 0.1) is 75.4 Å². The van der Waals surface area contributed by atoms with Gasteiger partial charge < -0.3 is 20.6 Å². The van der Waals surface area contributed by atoms with Crippen molar-refractivity contribution in [2.75, 3.05) is 20.2 Å². The fourth-order valence-corrected chi connectivity index (χ4v) is 13.4. The van der Waals surface area contributed by atoms with Crippen LogP contribution >= 0.6 is 0 Å². The van der Waals surface area contributed by atoms with Gasteiger partial charge in [-0.25, -0.2) is 0 Å². The van der Waals surface area contributed by atoms with Crippen LogP contribution in [0.15, 0.2) is 11.1 Å². The van der Waals surface area contributed by atoms with Crippen molar-refractivity contribution in [2.24, 2.45) is 75.4 Å². The summed E-state index contributed by atoms with van der Waals surface area (Å²) in [6.07, 6.45) is 11.1. The van der Waals surface area contributed by atoms with Gasteiger partial charge >= 0.3 is 5.97 Å². The topological polar surface area (TPSA) is 153 Å². The molecule has 0 aromatic heterocycles. The number of hydrogen-bond acceptors (Lipinski definition) is 7. The van der Waals surface area contributed by atoms with Gasteiger partial charge in [0.15, 0.2) is 5.78 Å². The summed E-state index contributed by atoms with van der Waals surface area (Å²) in [5.41, 5.74) is 0.387. The third kappa shape index (κ3) is 5.84. The zero-order valence-electron chi connectivity index (χ0n) is 31.6. The quantitative estimate of drug-likeness (QED) is 0.177. The number of ketones is 2. The van der Waals surface area contributed by atoms with E-state index in [9.17, 15) is 34.5 Å². The molecule has 5 N–H and O–H groups in total. The number of allylic oxidation sites excluding steroid dienone is 2. The van der Waals surface area contributed by atoms with Crippen molar-refractivity contribution < 1.29 is 34.5 Å². The molecule has 0 saturated heterocycles. The summed E-state index contributed by atoms with van der Waals surface area (Å²) in [4.78, 5) is 51.5. The molecule has 0 radical (unpaired) electrons. The predicted molar refractivity (Wildman–Crippen MR) is 190 cm³/mol. The van der Waals surface area contributed by atoms with E-state index in [1.807, 2.05) is 6.92 Å². The number of carboxylic acids is 1. The molecule has 5 saturated carbocycles. The molecule has 9 heteroatoms. The smallest absolute Gasteiger partial charge is 0.306 e. The van der Waals surface area contributed by atoms with E-state index in [0.29, 0.717) is 67.7 Å². The van der Waals surface area contributed by atoms with Crippen molar-refractivity contribution in [3.63, 3.8) is 0 Å². The lowest BCUT2D eigenvalue weighted by molar-refractivity contribution is -0.162. The molecule has 0 aromatic carbocycles. The average molecular weight is 697 g/mol. The minimum atomic E-state index is -2.03. The molecule has 280 valence electrons. The first-order chi connectivity index (χ1) is 23.5. The van der Waals surface area contributed by atoms with Crippen LogP contribution in [0.25, 0.3) is 0 Å². The number of Topliss-reactive ketones (excluding diaryl/α,β-unsaturated/α-hetero) is 2. The van der Waals surface area contributed by atoms with Gasteiger partial charge in [-0.3, -0.25) is 24.5 Å². The number of aliphatic hydroxyl groups excluding tert-OH is 1. The number of amides is 1. The monoisotopic (exact) mass is 696 g/mol. The molecule has 12 unspecified atom stereocenters. The molecule has 6 aliphatic rings. The van der Waals surface area contributed by atoms with Crippen LogP contribution in [-0.2, 0) is 19.2 Å². The lowest BCUT2D eigenvalue weighted by Gasteiger charge is -2.65. The number of aliphatic carboxylic acids is 1. The first kappa shape index (κ1) is 37.7. The first-order valence-electron chi connectivity index (χ1n) is 19.8. The van der Waals surface area contributed by atoms with E-state index in [-0.39, 0.29) is 51.5 Å². The van der Waals surface area contributed by atoms with Gasteiger partial charge in [-0.15, -0.1) is 0 Å². The number of likely N-dealkylation sites (N-methyl/N-ethyl adjacent to an activating group) is 1. The molecule has 0 heterocycles. The van der Waals surface area contributed by atoms with Crippen LogP contribution in [0.2, 0.25) is 0 Å². The van der Waals surface area contributed by atoms with E-state index >= 15 is 0 Å². The molecule has 6 rings (SSSR count). The predicted octanol–water partition coefficient (Wildman–Crippen LogP) is 5.53. The molecule has 0 aromatic rings. The summed E-state index contributed by atoms with van der Waals surface area (Å²) in [6, 6.07) is 0. The maximum atomic E-state index is 13.8. The van der Waals surface area contributed by atoms with Crippen molar-refractivity contribution in [1.82, 2.24) is 10.6 Å². The second kappa shape index (κ2) is 13.4. The standard InChI is InChI=1S/C41H64N2O7/c1-22(2)34-32(46)20-40(16-17-43-37(49)41(50,21-44)42-7)15-13-25-26-9-11-33-38(4,5)24(18-31(45)28-19-29(23(28)3)36(47)48)12-14-39(33,6)30(26)10-8-27(25)35(34)40/h22-30,33,42,44,50H,8-21H2,1-7H3,(H,43,49)(H,47,48). The lowest BCUT2D eigenvalue weighted by atomic mass is 9.39. The number of carboxylic acid groups (broad SMARTS) is 1. The summed E-state index contributed by atoms with van der Waals surface area (Å²) in [6.45, 7) is 13.2. The normalized spacial score (nSPS) is 41.6. The summed E-state index contributed by atoms with van der Waals surface area (Å²) in [5.74, 6) is 1.80. The molecule has 12 atom stereocenters. The highest BCUT2D eigenvalue weighted by molar-refractivity contribution is 6.00. The Morgan fingerprint density at radius 2 is 1.70 bits per heavy atom. The summed E-state index contributed by atoms with van der Waals surface area (Å²) in [5, 5.41) is 34.8. The Morgan fingerprint density at radius 3 is 2.32 bits per heavy atom. The molecule has 0 bridgehead atoms. The van der Waals surface area contributed by atoms with E-state index < -0.39 is 24.2 Å². The average Bonchev–Trinajstić information content (AvgIpc) is 3.36. The fourth-order valence-electron chi connectivity index (χ4n) is 13.4. The maximum absolute atomic E-state index is 13.8. The summed E-state index contributed by atoms with van der Waals surface area (Å²) in [7, 11) is 1.44. The highest BCUT2D eigenvalue weighted by Gasteiger charge is 2.63. The Hall–Kier alpha value is -2.10. The van der Waals surface area contributed by atoms with Crippen LogP contribution in [0.5, 0.6) is 0 Å². The van der Waals surface area contributed by atoms with Crippen LogP contribution in [-0.4, -0.2) is 64.7 Å². The van der Waals surface area contributed by atoms with Crippen molar-refractivity contribution in [3.05, 3.63) is 11.1 Å². The van der Waals surface area contributed by atoms with Crippen LogP contribution in [0.1, 0.15) is 119 Å². The minimum Gasteiger partial charge on any atom is -0.481 e. The van der Waals surface area contributed by atoms with Gasteiger partial charge in [0.1, 0.15) is 5.78 Å². The fraction of sp³-hybridized carbons (Fsp3) is 0.854. The third-order valence-electron chi connectivity index (χ3n) is 16.2. The minimum absolute atomic E-state index is 0.0382. The van der Waals surface area contributed by atoms with E-state index in [1.165, 1.54) is 25.5 Å². The Kier molecular flexibility index (Phi) is 10.1. The molecule has 5 fully saturated rings. The van der Waals surface area contributed by atoms with Gasteiger partial charge in [0.05, 0.1) is 12.5 Å². The Balaban J connectivity index is 1.18. The summed E-state index contributed by atoms with van der Waals surface area (Å²) >= 11 is 0. The van der Waals surface area contributed by atoms with E-state index in [0.717, 1.165) is 44.1 Å². The van der Waals surface area contributed by atoms with E-state index in [4.69, 9.17) is 0 Å². The molecule has 0 spiro atoms. The number of nitrogens with one attached hydrogen (secondary N) is 2. The maximum Gasteiger partial charge on any atom is 0.306 e. The van der Waals surface area contributed by atoms with Gasteiger partial charge in [0, 0.05) is 30.7 Å². The molecule has 1 amide bonds. The lowest BCUT2D eigenvalue weighted by Crippen LogP contribution is -2.59. The van der Waals surface area contributed by atoms with Gasteiger partial charge in [0.25, 0.3) is 5.91 Å². The van der Waals surface area contributed by atoms with Crippen LogP contribution < -0.4 is 10.6 Å². The van der Waals surface area contributed by atoms with Crippen LogP contribution in [0.4, 0.5) is 0 Å². The van der Waals surface area contributed by atoms with E-state index in [2.05, 4.69) is 45.3 Å². The zero-order chi connectivity index (χ0) is 36.6.